The van der Waals surface area contributed by atoms with Crippen molar-refractivity contribution >= 4 is 73.4 Å². The van der Waals surface area contributed by atoms with Gasteiger partial charge < -0.3 is 9.47 Å². The molecule has 9 heteroatoms. The van der Waals surface area contributed by atoms with E-state index in [-0.39, 0.29) is 75.7 Å². The van der Waals surface area contributed by atoms with Crippen molar-refractivity contribution in [3.63, 3.8) is 0 Å². The molecule has 0 radical (unpaired) electrons. The number of benzene rings is 1. The predicted octanol–water partition coefficient (Wildman–Crippen LogP) is 2.69. The first-order valence-corrected chi connectivity index (χ1v) is 9.92. The van der Waals surface area contributed by atoms with Gasteiger partial charge in [0.05, 0.1) is 24.3 Å². The number of hydrogen-bond donors (Lipinski definition) is 1. The van der Waals surface area contributed by atoms with Gasteiger partial charge in [0.15, 0.2) is 0 Å². The third-order valence-electron chi connectivity index (χ3n) is 3.57. The first-order valence-electron chi connectivity index (χ1n) is 8.48. The average Bonchev–Trinajstić information content (AvgIpc) is 2.52. The summed E-state index contributed by atoms with van der Waals surface area (Å²) >= 11 is 0. The van der Waals surface area contributed by atoms with Crippen molar-refractivity contribution in [2.75, 3.05) is 13.2 Å². The van der Waals surface area contributed by atoms with Crippen LogP contribution in [0.5, 0.6) is 0 Å². The molecule has 0 aliphatic heterocycles. The van der Waals surface area contributed by atoms with Gasteiger partial charge in [-0.25, -0.2) is 9.59 Å². The van der Waals surface area contributed by atoms with Gasteiger partial charge in [-0.3, -0.25) is 4.55 Å². The SMILES string of the molecule is CC(C)CCOC(=O)c1ccc(C(=O)OCCC(C)C)c(S(=O)(=O)O)c1.[KH]. The standard InChI is InChI=1S/C18H26O7S.K.H/c1-12(2)7-9-24-17(19)14-5-6-15(16(11-14)26(21,22)23)18(20)25-10-8-13(3)4;;/h5-6,11-13H,7-10H2,1-4H3,(H,21,22,23);;. The second-order valence-corrected chi connectivity index (χ2v) is 8.21. The number of carbonyl (C=O) groups is 2. The summed E-state index contributed by atoms with van der Waals surface area (Å²) in [7, 11) is -4.72. The molecule has 0 heterocycles. The minimum absolute atomic E-state index is 0. The molecule has 1 aromatic rings. The van der Waals surface area contributed by atoms with Crippen LogP contribution < -0.4 is 0 Å². The summed E-state index contributed by atoms with van der Waals surface area (Å²) in [5.74, 6) is -0.945. The van der Waals surface area contributed by atoms with Crippen molar-refractivity contribution in [2.24, 2.45) is 11.8 Å². The van der Waals surface area contributed by atoms with E-state index in [9.17, 15) is 22.6 Å². The fourth-order valence-corrected chi connectivity index (χ4v) is 2.67. The van der Waals surface area contributed by atoms with E-state index in [1.807, 2.05) is 27.7 Å². The number of ether oxygens (including phenoxy) is 2. The van der Waals surface area contributed by atoms with Crippen LogP contribution in [0.25, 0.3) is 0 Å². The molecule has 1 aromatic carbocycles. The Morgan fingerprint density at radius 2 is 1.44 bits per heavy atom. The summed E-state index contributed by atoms with van der Waals surface area (Å²) in [5, 5.41) is 0. The molecule has 0 fully saturated rings. The van der Waals surface area contributed by atoms with Crippen molar-refractivity contribution < 1.29 is 32.0 Å². The van der Waals surface area contributed by atoms with Gasteiger partial charge in [0.1, 0.15) is 4.90 Å². The quantitative estimate of drug-likeness (QED) is 0.367. The van der Waals surface area contributed by atoms with Crippen molar-refractivity contribution in [2.45, 2.75) is 45.4 Å². The summed E-state index contributed by atoms with van der Waals surface area (Å²) in [5.41, 5.74) is -0.393. The number of hydrogen-bond acceptors (Lipinski definition) is 6. The van der Waals surface area contributed by atoms with Gasteiger partial charge in [-0.15, -0.1) is 0 Å². The molecule has 0 aliphatic rings. The predicted molar refractivity (Wildman–Crippen MR) is 103 cm³/mol. The summed E-state index contributed by atoms with van der Waals surface area (Å²) in [6.07, 6.45) is 1.28. The monoisotopic (exact) mass is 426 g/mol. The molecule has 0 aliphatic carbocycles. The van der Waals surface area contributed by atoms with Crippen molar-refractivity contribution in [1.29, 1.82) is 0 Å². The molecule has 7 nitrogen and oxygen atoms in total. The fraction of sp³-hybridized carbons (Fsp3) is 0.556. The van der Waals surface area contributed by atoms with Crippen LogP contribution in [0.3, 0.4) is 0 Å². The Morgan fingerprint density at radius 1 is 0.963 bits per heavy atom. The Morgan fingerprint density at radius 3 is 1.89 bits per heavy atom. The first-order chi connectivity index (χ1) is 12.0. The van der Waals surface area contributed by atoms with Crippen LogP contribution in [0.1, 0.15) is 61.3 Å². The zero-order valence-corrected chi connectivity index (χ0v) is 16.3. The topological polar surface area (TPSA) is 107 Å². The minimum atomic E-state index is -4.72. The van der Waals surface area contributed by atoms with Crippen LogP contribution in [0, 0.1) is 11.8 Å². The Balaban J connectivity index is 0.00000676. The molecule has 0 bridgehead atoms. The molecule has 148 valence electrons. The van der Waals surface area contributed by atoms with Crippen LogP contribution >= 0.6 is 0 Å². The average molecular weight is 427 g/mol. The Hall–Kier alpha value is -0.294. The van der Waals surface area contributed by atoms with Crippen molar-refractivity contribution in [1.82, 2.24) is 0 Å². The van der Waals surface area contributed by atoms with E-state index in [1.54, 1.807) is 0 Å². The molecular formula is C18H27KO7S. The molecule has 27 heavy (non-hydrogen) atoms. The van der Waals surface area contributed by atoms with E-state index in [1.165, 1.54) is 6.07 Å². The maximum atomic E-state index is 12.1. The van der Waals surface area contributed by atoms with E-state index in [0.717, 1.165) is 12.1 Å². The second kappa shape index (κ2) is 12.3. The second-order valence-electron chi connectivity index (χ2n) is 6.82. The van der Waals surface area contributed by atoms with Crippen LogP contribution in [0.2, 0.25) is 0 Å². The third kappa shape index (κ3) is 9.64. The summed E-state index contributed by atoms with van der Waals surface area (Å²) < 4.78 is 42.7. The number of rotatable bonds is 9. The summed E-state index contributed by atoms with van der Waals surface area (Å²) in [6, 6.07) is 3.33. The molecule has 1 N–H and O–H groups in total. The van der Waals surface area contributed by atoms with Crippen molar-refractivity contribution in [3.05, 3.63) is 29.3 Å². The third-order valence-corrected chi connectivity index (χ3v) is 4.47. The van der Waals surface area contributed by atoms with Crippen LogP contribution in [-0.4, -0.2) is 89.5 Å². The van der Waals surface area contributed by atoms with Crippen LogP contribution in [0.15, 0.2) is 23.1 Å². The van der Waals surface area contributed by atoms with Gasteiger partial charge in [0, 0.05) is 0 Å². The van der Waals surface area contributed by atoms with Gasteiger partial charge in [-0.05, 0) is 42.9 Å². The zero-order valence-electron chi connectivity index (χ0n) is 15.5. The Kier molecular flexibility index (Phi) is 12.2. The van der Waals surface area contributed by atoms with E-state index in [4.69, 9.17) is 9.47 Å². The Labute approximate surface area is 203 Å². The first kappa shape index (κ1) is 26.7. The van der Waals surface area contributed by atoms with E-state index in [0.29, 0.717) is 24.7 Å². The van der Waals surface area contributed by atoms with E-state index < -0.39 is 27.0 Å². The maximum absolute atomic E-state index is 12.1. The summed E-state index contributed by atoms with van der Waals surface area (Å²) in [6.45, 7) is 8.18. The van der Waals surface area contributed by atoms with Crippen LogP contribution in [0.4, 0.5) is 0 Å². The zero-order chi connectivity index (χ0) is 19.9. The molecule has 0 aromatic heterocycles. The van der Waals surface area contributed by atoms with E-state index in [2.05, 4.69) is 0 Å². The van der Waals surface area contributed by atoms with Gasteiger partial charge >= 0.3 is 63.3 Å². The summed E-state index contributed by atoms with van der Waals surface area (Å²) in [4.78, 5) is 23.5. The number of carbonyl (C=O) groups excluding carboxylic acids is 2. The molecule has 0 spiro atoms. The van der Waals surface area contributed by atoms with Gasteiger partial charge in [-0.2, -0.15) is 8.42 Å². The Bertz CT molecular complexity index is 742. The molecular weight excluding hydrogens is 399 g/mol. The van der Waals surface area contributed by atoms with Gasteiger partial charge in [-0.1, -0.05) is 27.7 Å². The molecule has 0 atom stereocenters. The molecule has 1 rings (SSSR count). The normalized spacial score (nSPS) is 11.2. The molecule has 0 saturated heterocycles. The van der Waals surface area contributed by atoms with Crippen LogP contribution in [-0.2, 0) is 19.6 Å². The van der Waals surface area contributed by atoms with E-state index >= 15 is 0 Å². The van der Waals surface area contributed by atoms with Crippen molar-refractivity contribution in [3.8, 4) is 0 Å². The fourth-order valence-electron chi connectivity index (χ4n) is 1.97. The molecule has 0 amide bonds. The molecule has 0 unspecified atom stereocenters. The van der Waals surface area contributed by atoms with Gasteiger partial charge in [0.25, 0.3) is 10.1 Å². The number of esters is 2. The van der Waals surface area contributed by atoms with Gasteiger partial charge in [0.2, 0.25) is 0 Å². The molecule has 0 saturated carbocycles.